The van der Waals surface area contributed by atoms with Crippen LogP contribution in [0.25, 0.3) is 0 Å². The van der Waals surface area contributed by atoms with Crippen LogP contribution in [-0.4, -0.2) is 18.2 Å². The van der Waals surface area contributed by atoms with E-state index >= 15 is 0 Å². The first-order chi connectivity index (χ1) is 9.10. The van der Waals surface area contributed by atoms with Crippen LogP contribution in [0.15, 0.2) is 30.3 Å². The van der Waals surface area contributed by atoms with Gasteiger partial charge in [-0.25, -0.2) is 9.18 Å². The van der Waals surface area contributed by atoms with Crippen molar-refractivity contribution in [2.24, 2.45) is 0 Å². The maximum atomic E-state index is 13.0. The quantitative estimate of drug-likeness (QED) is 0.915. The van der Waals surface area contributed by atoms with Gasteiger partial charge in [-0.2, -0.15) is 0 Å². The monoisotopic (exact) mass is 282 g/mol. The molecular weight excluding hydrogens is 271 g/mol. The van der Waals surface area contributed by atoms with E-state index in [9.17, 15) is 9.18 Å². The zero-order valence-corrected chi connectivity index (χ0v) is 10.9. The van der Waals surface area contributed by atoms with Gasteiger partial charge in [0.1, 0.15) is 18.2 Å². The number of carbonyl (C=O) groups is 1. The lowest BCUT2D eigenvalue weighted by molar-refractivity contribution is 0.0697. The van der Waals surface area contributed by atoms with Crippen LogP contribution < -0.4 is 9.47 Å². The van der Waals surface area contributed by atoms with Crippen molar-refractivity contribution in [1.82, 2.24) is 0 Å². The molecule has 0 aliphatic heterocycles. The van der Waals surface area contributed by atoms with E-state index < -0.39 is 5.97 Å². The number of carboxylic acid groups (broad SMARTS) is 1. The highest BCUT2D eigenvalue weighted by molar-refractivity contribution is 7.16. The van der Waals surface area contributed by atoms with Gasteiger partial charge >= 0.3 is 5.97 Å². The summed E-state index contributed by atoms with van der Waals surface area (Å²) in [7, 11) is 1.45. The number of benzene rings is 1. The molecule has 0 spiro atoms. The lowest BCUT2D eigenvalue weighted by atomic mass is 10.2. The van der Waals surface area contributed by atoms with Crippen LogP contribution in [0.2, 0.25) is 0 Å². The molecule has 2 aromatic rings. The van der Waals surface area contributed by atoms with Crippen molar-refractivity contribution in [1.29, 1.82) is 0 Å². The number of thiophene rings is 1. The summed E-state index contributed by atoms with van der Waals surface area (Å²) in [6.07, 6.45) is 0. The van der Waals surface area contributed by atoms with Crippen molar-refractivity contribution >= 4 is 17.3 Å². The molecule has 0 bridgehead atoms. The molecule has 0 radical (unpaired) electrons. The van der Waals surface area contributed by atoms with E-state index in [-0.39, 0.29) is 23.1 Å². The van der Waals surface area contributed by atoms with E-state index in [0.29, 0.717) is 10.6 Å². The lowest BCUT2D eigenvalue weighted by Crippen LogP contribution is -2.00. The molecule has 0 saturated heterocycles. The predicted octanol–water partition coefficient (Wildman–Crippen LogP) is 3.17. The van der Waals surface area contributed by atoms with E-state index in [0.717, 1.165) is 11.3 Å². The number of rotatable bonds is 5. The van der Waals surface area contributed by atoms with Gasteiger partial charge in [0.05, 0.1) is 7.11 Å². The van der Waals surface area contributed by atoms with Crippen molar-refractivity contribution in [3.63, 3.8) is 0 Å². The Morgan fingerprint density at radius 2 is 2.21 bits per heavy atom. The summed E-state index contributed by atoms with van der Waals surface area (Å²) in [4.78, 5) is 11.1. The Hall–Kier alpha value is -2.08. The van der Waals surface area contributed by atoms with Crippen LogP contribution in [0.1, 0.15) is 15.2 Å². The van der Waals surface area contributed by atoms with Gasteiger partial charge in [-0.05, 0) is 17.7 Å². The van der Waals surface area contributed by atoms with Crippen LogP contribution >= 0.6 is 11.3 Å². The van der Waals surface area contributed by atoms with E-state index in [1.807, 2.05) is 0 Å². The third-order valence-corrected chi connectivity index (χ3v) is 3.42. The van der Waals surface area contributed by atoms with Crippen molar-refractivity contribution in [3.05, 3.63) is 46.6 Å². The normalized spacial score (nSPS) is 10.2. The van der Waals surface area contributed by atoms with Gasteiger partial charge in [0, 0.05) is 6.07 Å². The minimum atomic E-state index is -1.08. The Bertz CT molecular complexity index is 594. The van der Waals surface area contributed by atoms with Gasteiger partial charge in [-0.15, -0.1) is 0 Å². The standard InChI is InChI=1S/C13H11FO4S/c1-17-11-6-10(12(19-11)13(15)16)18-7-8-3-2-4-9(14)5-8/h2-6H,7H2,1H3,(H,15,16). The van der Waals surface area contributed by atoms with Crippen molar-refractivity contribution < 1.29 is 23.8 Å². The fraction of sp³-hybridized carbons (Fsp3) is 0.154. The minimum Gasteiger partial charge on any atom is -0.487 e. The molecule has 1 N–H and O–H groups in total. The molecule has 100 valence electrons. The second kappa shape index (κ2) is 5.71. The van der Waals surface area contributed by atoms with Crippen LogP contribution in [0.5, 0.6) is 10.8 Å². The molecule has 1 heterocycles. The maximum Gasteiger partial charge on any atom is 0.349 e. The van der Waals surface area contributed by atoms with Crippen molar-refractivity contribution in [3.8, 4) is 10.8 Å². The van der Waals surface area contributed by atoms with Crippen molar-refractivity contribution in [2.45, 2.75) is 6.61 Å². The largest absolute Gasteiger partial charge is 0.487 e. The molecule has 0 amide bonds. The molecule has 0 aliphatic rings. The van der Waals surface area contributed by atoms with E-state index in [2.05, 4.69) is 0 Å². The summed E-state index contributed by atoms with van der Waals surface area (Å²) in [6.45, 7) is 0.0952. The molecule has 1 aromatic carbocycles. The van der Waals surface area contributed by atoms with Gasteiger partial charge in [0.25, 0.3) is 0 Å². The van der Waals surface area contributed by atoms with E-state index in [4.69, 9.17) is 14.6 Å². The predicted molar refractivity (Wildman–Crippen MR) is 68.6 cm³/mol. The van der Waals surface area contributed by atoms with E-state index in [1.165, 1.54) is 25.3 Å². The Kier molecular flexibility index (Phi) is 4.01. The Balaban J connectivity index is 2.14. The number of aromatic carboxylic acids is 1. The maximum absolute atomic E-state index is 13.0. The average molecular weight is 282 g/mol. The summed E-state index contributed by atoms with van der Waals surface area (Å²) in [6, 6.07) is 7.45. The topological polar surface area (TPSA) is 55.8 Å². The summed E-state index contributed by atoms with van der Waals surface area (Å²) in [5.41, 5.74) is 0.626. The summed E-state index contributed by atoms with van der Waals surface area (Å²) >= 11 is 0.985. The van der Waals surface area contributed by atoms with Gasteiger partial charge in [-0.3, -0.25) is 0 Å². The van der Waals surface area contributed by atoms with Gasteiger partial charge < -0.3 is 14.6 Å². The summed E-state index contributed by atoms with van der Waals surface area (Å²) < 4.78 is 23.4. The molecule has 0 aliphatic carbocycles. The zero-order valence-electron chi connectivity index (χ0n) is 10.1. The highest BCUT2D eigenvalue weighted by Crippen LogP contribution is 2.35. The second-order valence-electron chi connectivity index (χ2n) is 3.69. The highest BCUT2D eigenvalue weighted by atomic mass is 32.1. The summed E-state index contributed by atoms with van der Waals surface area (Å²) in [5.74, 6) is -1.22. The number of methoxy groups -OCH3 is 1. The fourth-order valence-corrected chi connectivity index (χ4v) is 2.25. The smallest absolute Gasteiger partial charge is 0.349 e. The number of carboxylic acids is 1. The van der Waals surface area contributed by atoms with Crippen LogP contribution in [-0.2, 0) is 6.61 Å². The molecule has 2 rings (SSSR count). The second-order valence-corrected chi connectivity index (χ2v) is 4.70. The molecule has 4 nitrogen and oxygen atoms in total. The number of hydrogen-bond acceptors (Lipinski definition) is 4. The third-order valence-electron chi connectivity index (χ3n) is 2.35. The fourth-order valence-electron chi connectivity index (χ4n) is 1.50. The average Bonchev–Trinajstić information content (AvgIpc) is 2.80. The van der Waals surface area contributed by atoms with Gasteiger partial charge in [0.2, 0.25) is 0 Å². The number of ether oxygens (including phenoxy) is 2. The molecule has 0 saturated carbocycles. The third kappa shape index (κ3) is 3.23. The molecule has 1 aromatic heterocycles. The van der Waals surface area contributed by atoms with Crippen molar-refractivity contribution in [2.75, 3.05) is 7.11 Å². The molecule has 0 unspecified atom stereocenters. The van der Waals surface area contributed by atoms with Crippen LogP contribution in [0.3, 0.4) is 0 Å². The first-order valence-corrected chi connectivity index (χ1v) is 6.20. The van der Waals surface area contributed by atoms with E-state index in [1.54, 1.807) is 12.1 Å². The van der Waals surface area contributed by atoms with Gasteiger partial charge in [0.15, 0.2) is 9.94 Å². The Labute approximate surface area is 113 Å². The lowest BCUT2D eigenvalue weighted by Gasteiger charge is -2.05. The van der Waals surface area contributed by atoms with Crippen LogP contribution in [0.4, 0.5) is 4.39 Å². The minimum absolute atomic E-state index is 0.0632. The SMILES string of the molecule is COc1cc(OCc2cccc(F)c2)c(C(=O)O)s1. The highest BCUT2D eigenvalue weighted by Gasteiger charge is 2.17. The Morgan fingerprint density at radius 3 is 2.84 bits per heavy atom. The molecule has 0 fully saturated rings. The van der Waals surface area contributed by atoms with Gasteiger partial charge in [-0.1, -0.05) is 23.5 Å². The number of hydrogen-bond donors (Lipinski definition) is 1. The number of halogens is 1. The summed E-state index contributed by atoms with van der Waals surface area (Å²) in [5, 5.41) is 9.48. The molecule has 19 heavy (non-hydrogen) atoms. The first-order valence-electron chi connectivity index (χ1n) is 5.38. The van der Waals surface area contributed by atoms with Crippen LogP contribution in [0, 0.1) is 5.82 Å². The first kappa shape index (κ1) is 13.4. The Morgan fingerprint density at radius 1 is 1.42 bits per heavy atom. The molecule has 6 heteroatoms. The molecular formula is C13H11FO4S. The molecule has 0 atom stereocenters. The zero-order chi connectivity index (χ0) is 13.8.